The molecule has 0 atom stereocenters. The van der Waals surface area contributed by atoms with Crippen LogP contribution >= 0.6 is 11.6 Å². The van der Waals surface area contributed by atoms with Gasteiger partial charge in [-0.3, -0.25) is 4.68 Å². The molecule has 1 aliphatic carbocycles. The van der Waals surface area contributed by atoms with Crippen molar-refractivity contribution in [2.75, 3.05) is 12.3 Å². The maximum atomic E-state index is 5.76. The quantitative estimate of drug-likeness (QED) is 0.832. The van der Waals surface area contributed by atoms with Crippen molar-refractivity contribution < 1.29 is 4.74 Å². The van der Waals surface area contributed by atoms with E-state index in [2.05, 4.69) is 5.10 Å². The highest BCUT2D eigenvalue weighted by atomic mass is 35.5. The topological polar surface area (TPSA) is 53.1 Å². The van der Waals surface area contributed by atoms with Gasteiger partial charge in [-0.15, -0.1) is 0 Å². The molecule has 1 aliphatic rings. The van der Waals surface area contributed by atoms with Crippen molar-refractivity contribution in [1.29, 1.82) is 0 Å². The van der Waals surface area contributed by atoms with E-state index in [9.17, 15) is 0 Å². The Morgan fingerprint density at radius 1 is 1.64 bits per heavy atom. The summed E-state index contributed by atoms with van der Waals surface area (Å²) in [5.74, 6) is 0.385. The summed E-state index contributed by atoms with van der Waals surface area (Å²) < 4.78 is 7.30. The first-order valence-electron chi connectivity index (χ1n) is 4.86. The Balaban J connectivity index is 1.74. The SMILES string of the molecule is Nc1nn(CCOC2CCC2)cc1Cl. The van der Waals surface area contributed by atoms with Crippen LogP contribution in [0, 0.1) is 0 Å². The van der Waals surface area contributed by atoms with Gasteiger partial charge in [0.2, 0.25) is 0 Å². The van der Waals surface area contributed by atoms with Gasteiger partial charge >= 0.3 is 0 Å². The van der Waals surface area contributed by atoms with Gasteiger partial charge in [-0.1, -0.05) is 11.6 Å². The molecule has 0 bridgehead atoms. The number of rotatable bonds is 4. The molecule has 4 nitrogen and oxygen atoms in total. The van der Waals surface area contributed by atoms with Gasteiger partial charge in [-0.05, 0) is 19.3 Å². The van der Waals surface area contributed by atoms with Crippen molar-refractivity contribution in [2.24, 2.45) is 0 Å². The fourth-order valence-corrected chi connectivity index (χ4v) is 1.53. The van der Waals surface area contributed by atoms with Crippen LogP contribution in [0.5, 0.6) is 0 Å². The molecule has 0 radical (unpaired) electrons. The molecular formula is C9H14ClN3O. The Kier molecular flexibility index (Phi) is 2.93. The maximum absolute atomic E-state index is 5.76. The molecule has 1 aromatic heterocycles. The van der Waals surface area contributed by atoms with Crippen molar-refractivity contribution in [2.45, 2.75) is 31.9 Å². The number of hydrogen-bond acceptors (Lipinski definition) is 3. The lowest BCUT2D eigenvalue weighted by Gasteiger charge is -2.25. The monoisotopic (exact) mass is 215 g/mol. The Morgan fingerprint density at radius 3 is 2.93 bits per heavy atom. The fraction of sp³-hybridized carbons (Fsp3) is 0.667. The predicted octanol–water partition coefficient (Wildman–Crippen LogP) is 1.69. The number of nitrogens with two attached hydrogens (primary N) is 1. The predicted molar refractivity (Wildman–Crippen MR) is 55.2 cm³/mol. The van der Waals surface area contributed by atoms with Gasteiger partial charge in [0.15, 0.2) is 5.82 Å². The zero-order valence-corrected chi connectivity index (χ0v) is 8.70. The minimum Gasteiger partial charge on any atom is -0.381 e. The maximum Gasteiger partial charge on any atom is 0.164 e. The summed E-state index contributed by atoms with van der Waals surface area (Å²) in [5, 5.41) is 4.54. The van der Waals surface area contributed by atoms with E-state index in [4.69, 9.17) is 22.1 Å². The lowest BCUT2D eigenvalue weighted by Crippen LogP contribution is -2.23. The molecule has 14 heavy (non-hydrogen) atoms. The molecule has 0 aliphatic heterocycles. The van der Waals surface area contributed by atoms with Crippen molar-refractivity contribution in [1.82, 2.24) is 9.78 Å². The minimum atomic E-state index is 0.385. The van der Waals surface area contributed by atoms with E-state index >= 15 is 0 Å². The normalized spacial score (nSPS) is 16.9. The summed E-state index contributed by atoms with van der Waals surface area (Å²) in [4.78, 5) is 0. The molecule has 1 aromatic rings. The van der Waals surface area contributed by atoms with Crippen LogP contribution in [0.1, 0.15) is 19.3 Å². The van der Waals surface area contributed by atoms with Gasteiger partial charge in [-0.25, -0.2) is 0 Å². The summed E-state index contributed by atoms with van der Waals surface area (Å²) in [5.41, 5.74) is 5.50. The van der Waals surface area contributed by atoms with Crippen LogP contribution in [-0.2, 0) is 11.3 Å². The first kappa shape index (κ1) is 9.80. The highest BCUT2D eigenvalue weighted by molar-refractivity contribution is 6.32. The smallest absolute Gasteiger partial charge is 0.164 e. The van der Waals surface area contributed by atoms with Gasteiger partial charge in [0.25, 0.3) is 0 Å². The van der Waals surface area contributed by atoms with E-state index in [1.165, 1.54) is 19.3 Å². The molecule has 0 aromatic carbocycles. The third-order valence-corrected chi connectivity index (χ3v) is 2.76. The van der Waals surface area contributed by atoms with E-state index < -0.39 is 0 Å². The summed E-state index contributed by atoms with van der Waals surface area (Å²) in [6.45, 7) is 1.40. The first-order chi connectivity index (χ1) is 6.75. The van der Waals surface area contributed by atoms with E-state index in [1.54, 1.807) is 10.9 Å². The number of nitrogen functional groups attached to an aromatic ring is 1. The lowest BCUT2D eigenvalue weighted by molar-refractivity contribution is -0.00231. The van der Waals surface area contributed by atoms with Crippen LogP contribution in [0.2, 0.25) is 5.02 Å². The molecule has 2 N–H and O–H groups in total. The summed E-state index contributed by atoms with van der Waals surface area (Å²) in [6, 6.07) is 0. The number of nitrogens with zero attached hydrogens (tertiary/aromatic N) is 2. The molecule has 0 amide bonds. The summed E-state index contributed by atoms with van der Waals surface area (Å²) in [6.07, 6.45) is 5.88. The largest absolute Gasteiger partial charge is 0.381 e. The van der Waals surface area contributed by atoms with Gasteiger partial charge < -0.3 is 10.5 Å². The molecular weight excluding hydrogens is 202 g/mol. The second kappa shape index (κ2) is 4.19. The highest BCUT2D eigenvalue weighted by Crippen LogP contribution is 2.21. The summed E-state index contributed by atoms with van der Waals surface area (Å²) >= 11 is 5.76. The molecule has 2 rings (SSSR count). The molecule has 1 saturated carbocycles. The molecule has 1 fully saturated rings. The number of hydrogen-bond donors (Lipinski definition) is 1. The minimum absolute atomic E-state index is 0.385. The van der Waals surface area contributed by atoms with Gasteiger partial charge in [0, 0.05) is 6.20 Å². The molecule has 0 saturated heterocycles. The second-order valence-corrected chi connectivity index (χ2v) is 3.96. The average Bonchev–Trinajstić information content (AvgIpc) is 2.37. The average molecular weight is 216 g/mol. The summed E-state index contributed by atoms with van der Waals surface area (Å²) in [7, 11) is 0. The van der Waals surface area contributed by atoms with Gasteiger partial charge in [-0.2, -0.15) is 5.10 Å². The molecule has 0 unspecified atom stereocenters. The van der Waals surface area contributed by atoms with E-state index in [0.717, 1.165) is 0 Å². The van der Waals surface area contributed by atoms with Crippen molar-refractivity contribution in [3.63, 3.8) is 0 Å². The van der Waals surface area contributed by atoms with Gasteiger partial charge in [0.05, 0.1) is 19.3 Å². The highest BCUT2D eigenvalue weighted by Gasteiger charge is 2.17. The molecule has 5 heteroatoms. The van der Waals surface area contributed by atoms with Crippen LogP contribution in [0.4, 0.5) is 5.82 Å². The Morgan fingerprint density at radius 2 is 2.43 bits per heavy atom. The Hall–Kier alpha value is -0.740. The number of aromatic nitrogens is 2. The van der Waals surface area contributed by atoms with Crippen LogP contribution in [0.25, 0.3) is 0 Å². The van der Waals surface area contributed by atoms with E-state index in [-0.39, 0.29) is 0 Å². The number of ether oxygens (including phenoxy) is 1. The van der Waals surface area contributed by atoms with Crippen LogP contribution in [0.3, 0.4) is 0 Å². The number of anilines is 1. The standard InChI is InChI=1S/C9H14ClN3O/c10-8-6-13(12-9(8)11)4-5-14-7-2-1-3-7/h6-7H,1-5H2,(H2,11,12). The zero-order chi connectivity index (χ0) is 9.97. The molecule has 1 heterocycles. The molecule has 0 spiro atoms. The third kappa shape index (κ3) is 2.19. The fourth-order valence-electron chi connectivity index (χ4n) is 1.38. The second-order valence-electron chi connectivity index (χ2n) is 3.55. The Labute approximate surface area is 88.0 Å². The van der Waals surface area contributed by atoms with E-state index in [0.29, 0.717) is 30.1 Å². The van der Waals surface area contributed by atoms with Crippen molar-refractivity contribution in [3.05, 3.63) is 11.2 Å². The Bertz CT molecular complexity index is 290. The van der Waals surface area contributed by atoms with Crippen molar-refractivity contribution in [3.8, 4) is 0 Å². The van der Waals surface area contributed by atoms with Gasteiger partial charge in [0.1, 0.15) is 5.02 Å². The number of halogens is 1. The van der Waals surface area contributed by atoms with Crippen molar-refractivity contribution >= 4 is 17.4 Å². The molecule has 78 valence electrons. The third-order valence-electron chi connectivity index (χ3n) is 2.47. The first-order valence-corrected chi connectivity index (χ1v) is 5.23. The van der Waals surface area contributed by atoms with Crippen LogP contribution in [-0.4, -0.2) is 22.5 Å². The zero-order valence-electron chi connectivity index (χ0n) is 7.95. The van der Waals surface area contributed by atoms with Crippen LogP contribution < -0.4 is 5.73 Å². The lowest BCUT2D eigenvalue weighted by atomic mass is 9.96. The van der Waals surface area contributed by atoms with Crippen LogP contribution in [0.15, 0.2) is 6.20 Å². The van der Waals surface area contributed by atoms with E-state index in [1.807, 2.05) is 0 Å².